The van der Waals surface area contributed by atoms with E-state index in [-0.39, 0.29) is 17.3 Å². The Morgan fingerprint density at radius 3 is 2.61 bits per heavy atom. The van der Waals surface area contributed by atoms with Gasteiger partial charge in [-0.05, 0) is 55.3 Å². The van der Waals surface area contributed by atoms with Crippen molar-refractivity contribution < 1.29 is 17.9 Å². The van der Waals surface area contributed by atoms with E-state index >= 15 is 0 Å². The van der Waals surface area contributed by atoms with Crippen LogP contribution in [0.4, 0.5) is 5.69 Å². The summed E-state index contributed by atoms with van der Waals surface area (Å²) in [5, 5.41) is 3.22. The van der Waals surface area contributed by atoms with Crippen LogP contribution in [0.25, 0.3) is 0 Å². The molecular formula is C19H20BrClN2O4S. The molecule has 1 amide bonds. The summed E-state index contributed by atoms with van der Waals surface area (Å²) in [7, 11) is -2.15. The minimum atomic E-state index is -3.67. The second-order valence-electron chi connectivity index (χ2n) is 6.49. The molecule has 6 nitrogen and oxygen atoms in total. The highest BCUT2D eigenvalue weighted by molar-refractivity contribution is 9.10. The molecule has 0 saturated carbocycles. The first-order valence-electron chi connectivity index (χ1n) is 8.71. The van der Waals surface area contributed by atoms with Gasteiger partial charge in [0.1, 0.15) is 5.75 Å². The van der Waals surface area contributed by atoms with E-state index < -0.39 is 15.9 Å². The molecule has 2 aromatic carbocycles. The maximum absolute atomic E-state index is 12.9. The lowest BCUT2D eigenvalue weighted by Gasteiger charge is -2.31. The Kier molecular flexibility index (Phi) is 6.65. The Hall–Kier alpha value is -1.61. The molecule has 9 heteroatoms. The quantitative estimate of drug-likeness (QED) is 0.687. The van der Waals surface area contributed by atoms with Crippen molar-refractivity contribution in [1.29, 1.82) is 0 Å². The maximum Gasteiger partial charge on any atom is 0.243 e. The number of carbonyl (C=O) groups is 1. The molecule has 28 heavy (non-hydrogen) atoms. The standard InChI is InChI=1S/C19H20BrClN2O4S/c1-27-15-5-7-16(8-6-15)28(25,26)23-10-2-3-13(12-23)19(24)22-18-9-4-14(20)11-17(18)21/h4-9,11,13H,2-3,10,12H2,1H3,(H,22,24)/t13-/m1/s1. The van der Waals surface area contributed by atoms with Gasteiger partial charge in [0.15, 0.2) is 0 Å². The number of halogens is 2. The van der Waals surface area contributed by atoms with E-state index in [0.29, 0.717) is 35.8 Å². The van der Waals surface area contributed by atoms with Crippen LogP contribution in [0.2, 0.25) is 5.02 Å². The van der Waals surface area contributed by atoms with Gasteiger partial charge >= 0.3 is 0 Å². The van der Waals surface area contributed by atoms with E-state index in [1.165, 1.54) is 23.5 Å². The van der Waals surface area contributed by atoms with Crippen LogP contribution in [0.5, 0.6) is 5.75 Å². The summed E-state index contributed by atoms with van der Waals surface area (Å²) in [6.45, 7) is 0.519. The Morgan fingerprint density at radius 1 is 1.25 bits per heavy atom. The molecule has 0 radical (unpaired) electrons. The van der Waals surface area contributed by atoms with Gasteiger partial charge in [-0.15, -0.1) is 0 Å². The van der Waals surface area contributed by atoms with Gasteiger partial charge in [-0.1, -0.05) is 27.5 Å². The van der Waals surface area contributed by atoms with E-state index in [1.807, 2.05) is 0 Å². The third kappa shape index (κ3) is 4.68. The fourth-order valence-corrected chi connectivity index (χ4v) is 5.34. The van der Waals surface area contributed by atoms with E-state index in [4.69, 9.17) is 16.3 Å². The zero-order valence-electron chi connectivity index (χ0n) is 15.2. The lowest BCUT2D eigenvalue weighted by atomic mass is 9.99. The van der Waals surface area contributed by atoms with Gasteiger partial charge < -0.3 is 10.1 Å². The molecule has 1 N–H and O–H groups in total. The summed E-state index contributed by atoms with van der Waals surface area (Å²) in [4.78, 5) is 12.9. The van der Waals surface area contributed by atoms with Crippen molar-refractivity contribution in [3.8, 4) is 5.75 Å². The van der Waals surface area contributed by atoms with Gasteiger partial charge in [-0.2, -0.15) is 4.31 Å². The average molecular weight is 488 g/mol. The summed E-state index contributed by atoms with van der Waals surface area (Å²) in [5.74, 6) is -0.0958. The summed E-state index contributed by atoms with van der Waals surface area (Å²) < 4.78 is 33.1. The molecule has 1 fully saturated rings. The van der Waals surface area contributed by atoms with Gasteiger partial charge in [0.25, 0.3) is 0 Å². The summed E-state index contributed by atoms with van der Waals surface area (Å²) in [6, 6.07) is 11.4. The van der Waals surface area contributed by atoms with Crippen LogP contribution in [-0.4, -0.2) is 38.8 Å². The molecule has 0 aliphatic carbocycles. The molecule has 2 aromatic rings. The molecule has 1 saturated heterocycles. The van der Waals surface area contributed by atoms with Gasteiger partial charge in [0.2, 0.25) is 15.9 Å². The van der Waals surface area contributed by atoms with Crippen LogP contribution in [-0.2, 0) is 14.8 Å². The lowest BCUT2D eigenvalue weighted by Crippen LogP contribution is -2.43. The molecule has 1 atom stereocenters. The van der Waals surface area contributed by atoms with Crippen LogP contribution in [0.3, 0.4) is 0 Å². The Morgan fingerprint density at radius 2 is 1.96 bits per heavy atom. The van der Waals surface area contributed by atoms with Gasteiger partial charge in [0.05, 0.1) is 28.6 Å². The molecule has 1 heterocycles. The Bertz CT molecular complexity index is 966. The Labute approximate surface area is 178 Å². The summed E-state index contributed by atoms with van der Waals surface area (Å²) in [5.41, 5.74) is 0.505. The predicted octanol–water partition coefficient (Wildman–Crippen LogP) is 4.15. The van der Waals surface area contributed by atoms with Crippen LogP contribution >= 0.6 is 27.5 Å². The van der Waals surface area contributed by atoms with Crippen molar-refractivity contribution in [2.45, 2.75) is 17.7 Å². The summed E-state index contributed by atoms with van der Waals surface area (Å²) in [6.07, 6.45) is 1.23. The van der Waals surface area contributed by atoms with Crippen molar-refractivity contribution in [2.75, 3.05) is 25.5 Å². The zero-order chi connectivity index (χ0) is 20.3. The lowest BCUT2D eigenvalue weighted by molar-refractivity contribution is -0.120. The highest BCUT2D eigenvalue weighted by Crippen LogP contribution is 2.29. The smallest absolute Gasteiger partial charge is 0.243 e. The number of nitrogens with one attached hydrogen (secondary N) is 1. The van der Waals surface area contributed by atoms with E-state index in [0.717, 1.165) is 4.47 Å². The number of amides is 1. The van der Waals surface area contributed by atoms with Crippen molar-refractivity contribution in [1.82, 2.24) is 4.31 Å². The first kappa shape index (κ1) is 21.1. The fraction of sp³-hybridized carbons (Fsp3) is 0.316. The van der Waals surface area contributed by atoms with E-state index in [2.05, 4.69) is 21.2 Å². The largest absolute Gasteiger partial charge is 0.497 e. The molecule has 1 aliphatic heterocycles. The number of carbonyl (C=O) groups excluding carboxylic acids is 1. The average Bonchev–Trinajstić information content (AvgIpc) is 2.70. The fourth-order valence-electron chi connectivity index (χ4n) is 3.10. The molecule has 0 aromatic heterocycles. The number of anilines is 1. The molecule has 0 bridgehead atoms. The van der Waals surface area contributed by atoms with Crippen molar-refractivity contribution in [3.63, 3.8) is 0 Å². The first-order chi connectivity index (χ1) is 13.3. The maximum atomic E-state index is 12.9. The van der Waals surface area contributed by atoms with Crippen LogP contribution < -0.4 is 10.1 Å². The van der Waals surface area contributed by atoms with Crippen molar-refractivity contribution in [3.05, 3.63) is 52.0 Å². The molecule has 0 spiro atoms. The van der Waals surface area contributed by atoms with E-state index in [9.17, 15) is 13.2 Å². The molecular weight excluding hydrogens is 468 g/mol. The number of sulfonamides is 1. The number of rotatable bonds is 5. The van der Waals surface area contributed by atoms with Crippen LogP contribution in [0, 0.1) is 5.92 Å². The topological polar surface area (TPSA) is 75.7 Å². The molecule has 1 aliphatic rings. The van der Waals surface area contributed by atoms with Gasteiger partial charge in [-0.25, -0.2) is 8.42 Å². The third-order valence-electron chi connectivity index (χ3n) is 4.64. The second-order valence-corrected chi connectivity index (χ2v) is 9.75. The SMILES string of the molecule is COc1ccc(S(=O)(=O)N2CCC[C@@H](C(=O)Nc3ccc(Br)cc3Cl)C2)cc1. The third-order valence-corrected chi connectivity index (χ3v) is 7.33. The molecule has 150 valence electrons. The highest BCUT2D eigenvalue weighted by Gasteiger charge is 2.33. The van der Waals surface area contributed by atoms with Gasteiger partial charge in [0, 0.05) is 17.6 Å². The number of ether oxygens (including phenoxy) is 1. The van der Waals surface area contributed by atoms with Crippen molar-refractivity contribution in [2.24, 2.45) is 5.92 Å². The first-order valence-corrected chi connectivity index (χ1v) is 11.3. The molecule has 3 rings (SSSR count). The normalized spacial score (nSPS) is 17.9. The number of benzene rings is 2. The Balaban J connectivity index is 1.72. The predicted molar refractivity (Wildman–Crippen MR) is 112 cm³/mol. The highest BCUT2D eigenvalue weighted by atomic mass is 79.9. The number of methoxy groups -OCH3 is 1. The van der Waals surface area contributed by atoms with E-state index in [1.54, 1.807) is 30.3 Å². The number of nitrogens with zero attached hydrogens (tertiary/aromatic N) is 1. The van der Waals surface area contributed by atoms with Gasteiger partial charge in [-0.3, -0.25) is 4.79 Å². The van der Waals surface area contributed by atoms with Crippen LogP contribution in [0.1, 0.15) is 12.8 Å². The zero-order valence-corrected chi connectivity index (χ0v) is 18.4. The second kappa shape index (κ2) is 8.82. The number of piperidine rings is 1. The minimum Gasteiger partial charge on any atom is -0.497 e. The van der Waals surface area contributed by atoms with Crippen molar-refractivity contribution >= 4 is 49.1 Å². The van der Waals surface area contributed by atoms with Crippen LogP contribution in [0.15, 0.2) is 51.8 Å². The number of hydrogen-bond acceptors (Lipinski definition) is 4. The number of hydrogen-bond donors (Lipinski definition) is 1. The monoisotopic (exact) mass is 486 g/mol. The summed E-state index contributed by atoms with van der Waals surface area (Å²) >= 11 is 9.48. The molecule has 0 unspecified atom stereocenters. The minimum absolute atomic E-state index is 0.133.